The molecule has 0 unspecified atom stereocenters. The molecule has 0 amide bonds. The van der Waals surface area contributed by atoms with E-state index < -0.39 is 10.5 Å². The Labute approximate surface area is 41.2 Å². The lowest BCUT2D eigenvalue weighted by atomic mass is 11.1. The monoisotopic (exact) mass is 119 g/mol. The molecule has 0 rings (SSSR count). The molecule has 0 aliphatic heterocycles. The Bertz CT molecular complexity index is 199. The molecule has 5 heteroatoms. The zero-order valence-corrected chi connectivity index (χ0v) is 3.97. The first-order valence-corrected chi connectivity index (χ1v) is 2.30. The summed E-state index contributed by atoms with van der Waals surface area (Å²) in [6.07, 6.45) is 0.531. The van der Waals surface area contributed by atoms with E-state index in [4.69, 9.17) is 4.79 Å². The molecule has 0 aromatic heterocycles. The third kappa shape index (κ3) is 5.07. The largest absolute Gasteiger partial charge is 0.316 e. The molecule has 0 saturated heterocycles. The van der Waals surface area contributed by atoms with Gasteiger partial charge in [-0.25, -0.2) is 4.79 Å². The second kappa shape index (κ2) is 3.27. The van der Waals surface area contributed by atoms with Crippen molar-refractivity contribution in [2.75, 3.05) is 0 Å². The van der Waals surface area contributed by atoms with E-state index in [0.29, 0.717) is 6.20 Å². The van der Waals surface area contributed by atoms with Crippen LogP contribution < -0.4 is 0 Å². The molecule has 0 aliphatic rings. The van der Waals surface area contributed by atoms with Gasteiger partial charge in [0.2, 0.25) is 0 Å². The lowest BCUT2D eigenvalue weighted by Gasteiger charge is -1.47. The quantitative estimate of drug-likeness (QED) is 0.433. The van der Waals surface area contributed by atoms with Gasteiger partial charge in [-0.3, -0.25) is 0 Å². The lowest BCUT2D eigenvalue weighted by Crippen LogP contribution is -1.51. The van der Waals surface area contributed by atoms with Gasteiger partial charge in [-0.05, 0) is 0 Å². The van der Waals surface area contributed by atoms with Gasteiger partial charge in [0.05, 0.1) is 0 Å². The van der Waals surface area contributed by atoms with Gasteiger partial charge in [0.25, 0.3) is 0 Å². The van der Waals surface area contributed by atoms with Gasteiger partial charge in [0, 0.05) is 0 Å². The van der Waals surface area contributed by atoms with E-state index in [0.717, 1.165) is 5.94 Å². The number of carbonyl (C=O) groups excluding carboxylic acids is 1. The SMILES string of the molecule is O=C=CN=S(=O)=O. The van der Waals surface area contributed by atoms with Crippen LogP contribution in [0.3, 0.4) is 0 Å². The fourth-order valence-electron chi connectivity index (χ4n) is 0.0645. The molecule has 4 nitrogen and oxygen atoms in total. The standard InChI is InChI=1S/C2HNO3S/c4-2-1-3-7(5)6/h1H. The smallest absolute Gasteiger partial charge is 0.232 e. The van der Waals surface area contributed by atoms with Crippen molar-refractivity contribution in [2.45, 2.75) is 0 Å². The Balaban J connectivity index is 4.27. The van der Waals surface area contributed by atoms with E-state index >= 15 is 0 Å². The Hall–Kier alpha value is -0.930. The minimum absolute atomic E-state index is 0.531. The van der Waals surface area contributed by atoms with Crippen LogP contribution in [0.2, 0.25) is 0 Å². The summed E-state index contributed by atoms with van der Waals surface area (Å²) in [5.41, 5.74) is 0. The second-order valence-electron chi connectivity index (χ2n) is 0.569. The minimum atomic E-state index is -2.51. The van der Waals surface area contributed by atoms with Gasteiger partial charge < -0.3 is 0 Å². The van der Waals surface area contributed by atoms with Gasteiger partial charge in [-0.15, -0.1) is 4.36 Å². The van der Waals surface area contributed by atoms with Gasteiger partial charge in [0.15, 0.2) is 0 Å². The molecule has 0 saturated carbocycles. The van der Waals surface area contributed by atoms with Gasteiger partial charge >= 0.3 is 10.5 Å². The summed E-state index contributed by atoms with van der Waals surface area (Å²) in [5.74, 6) is 1.16. The van der Waals surface area contributed by atoms with Crippen LogP contribution >= 0.6 is 0 Å². The molecule has 0 aliphatic carbocycles. The van der Waals surface area contributed by atoms with Gasteiger partial charge in [0.1, 0.15) is 12.1 Å². The minimum Gasteiger partial charge on any atom is -0.232 e. The molecule has 0 heterocycles. The molecule has 0 spiro atoms. The van der Waals surface area contributed by atoms with E-state index in [1.165, 1.54) is 0 Å². The van der Waals surface area contributed by atoms with Crippen LogP contribution in [-0.2, 0) is 15.3 Å². The summed E-state index contributed by atoms with van der Waals surface area (Å²) in [5, 5.41) is 0. The highest BCUT2D eigenvalue weighted by Crippen LogP contribution is 1.57. The van der Waals surface area contributed by atoms with Gasteiger partial charge in [-0.2, -0.15) is 8.42 Å². The van der Waals surface area contributed by atoms with Crippen molar-refractivity contribution in [3.8, 4) is 0 Å². The number of nitrogens with zero attached hydrogens (tertiary/aromatic N) is 1. The third-order valence-electron chi connectivity index (χ3n) is 0.191. The Morgan fingerprint density at radius 3 is 2.29 bits per heavy atom. The number of rotatable bonds is 1. The first kappa shape index (κ1) is 6.07. The van der Waals surface area contributed by atoms with Crippen LogP contribution in [0.4, 0.5) is 0 Å². The van der Waals surface area contributed by atoms with E-state index in [2.05, 4.69) is 4.36 Å². The van der Waals surface area contributed by atoms with Crippen molar-refractivity contribution in [2.24, 2.45) is 4.36 Å². The Morgan fingerprint density at radius 1 is 1.57 bits per heavy atom. The highest BCUT2D eigenvalue weighted by Gasteiger charge is 1.58. The predicted molar refractivity (Wildman–Crippen MR) is 21.6 cm³/mol. The molecule has 0 N–H and O–H groups in total. The third-order valence-corrected chi connectivity index (χ3v) is 0.469. The van der Waals surface area contributed by atoms with Crippen molar-refractivity contribution in [1.29, 1.82) is 0 Å². The summed E-state index contributed by atoms with van der Waals surface area (Å²) in [4.78, 5) is 9.16. The maximum Gasteiger partial charge on any atom is 0.316 e. The van der Waals surface area contributed by atoms with Crippen LogP contribution in [0.25, 0.3) is 0 Å². The summed E-state index contributed by atoms with van der Waals surface area (Å²) in [6, 6.07) is 0. The normalized spacial score (nSPS) is 6.29. The summed E-state index contributed by atoms with van der Waals surface area (Å²) in [7, 11) is -2.51. The lowest BCUT2D eigenvalue weighted by molar-refractivity contribution is 0.568. The van der Waals surface area contributed by atoms with Crippen molar-refractivity contribution < 1.29 is 13.2 Å². The Kier molecular flexibility index (Phi) is 2.83. The van der Waals surface area contributed by atoms with E-state index in [1.54, 1.807) is 0 Å². The summed E-state index contributed by atoms with van der Waals surface area (Å²) in [6.45, 7) is 0. The van der Waals surface area contributed by atoms with Crippen molar-refractivity contribution in [3.05, 3.63) is 6.20 Å². The van der Waals surface area contributed by atoms with Crippen LogP contribution in [0.5, 0.6) is 0 Å². The molecular formula is C2HNO3S. The van der Waals surface area contributed by atoms with Crippen molar-refractivity contribution in [3.63, 3.8) is 0 Å². The molecule has 0 atom stereocenters. The highest BCUT2D eigenvalue weighted by molar-refractivity contribution is 7.61. The summed E-state index contributed by atoms with van der Waals surface area (Å²) >= 11 is 0. The zero-order valence-electron chi connectivity index (χ0n) is 3.16. The fraction of sp³-hybridized carbons (Fsp3) is 0. The van der Waals surface area contributed by atoms with Gasteiger partial charge in [-0.1, -0.05) is 0 Å². The predicted octanol–water partition coefficient (Wildman–Crippen LogP) is -0.606. The van der Waals surface area contributed by atoms with E-state index in [1.807, 2.05) is 0 Å². The molecule has 38 valence electrons. The average Bonchev–Trinajstić information content (AvgIpc) is 1.61. The van der Waals surface area contributed by atoms with Crippen molar-refractivity contribution >= 4 is 16.4 Å². The Morgan fingerprint density at radius 2 is 2.14 bits per heavy atom. The van der Waals surface area contributed by atoms with Crippen LogP contribution in [0, 0.1) is 0 Å². The maximum absolute atomic E-state index is 9.38. The highest BCUT2D eigenvalue weighted by atomic mass is 32.2. The molecule has 0 radical (unpaired) electrons. The molecular weight excluding hydrogens is 118 g/mol. The second-order valence-corrected chi connectivity index (χ2v) is 1.21. The van der Waals surface area contributed by atoms with Crippen molar-refractivity contribution in [1.82, 2.24) is 0 Å². The average molecular weight is 119 g/mol. The molecule has 0 aromatic rings. The number of hydrogen-bond donors (Lipinski definition) is 0. The molecule has 0 aromatic carbocycles. The van der Waals surface area contributed by atoms with Crippen LogP contribution in [0.15, 0.2) is 10.6 Å². The molecule has 0 bridgehead atoms. The van der Waals surface area contributed by atoms with Crippen LogP contribution in [-0.4, -0.2) is 14.4 Å². The zero-order chi connectivity index (χ0) is 5.70. The first-order chi connectivity index (χ1) is 3.27. The fourth-order valence-corrected chi connectivity index (χ4v) is 0.194. The maximum atomic E-state index is 9.38. The van der Waals surface area contributed by atoms with E-state index in [-0.39, 0.29) is 0 Å². The molecule has 7 heavy (non-hydrogen) atoms. The first-order valence-electron chi connectivity index (χ1n) is 1.27. The van der Waals surface area contributed by atoms with E-state index in [9.17, 15) is 8.42 Å². The number of hydrogen-bond acceptors (Lipinski definition) is 4. The summed E-state index contributed by atoms with van der Waals surface area (Å²) < 4.78 is 21.4. The molecule has 0 fully saturated rings. The topological polar surface area (TPSA) is 63.6 Å². The van der Waals surface area contributed by atoms with Crippen LogP contribution in [0.1, 0.15) is 0 Å².